The van der Waals surface area contributed by atoms with E-state index in [1.807, 2.05) is 23.1 Å². The van der Waals surface area contributed by atoms with Crippen LogP contribution < -0.4 is 16.0 Å². The van der Waals surface area contributed by atoms with Crippen molar-refractivity contribution in [1.29, 1.82) is 0 Å². The maximum atomic E-state index is 12.8. The fourth-order valence-corrected chi connectivity index (χ4v) is 3.24. The highest BCUT2D eigenvalue weighted by atomic mass is 16.2. The largest absolute Gasteiger partial charge is 0.339 e. The topological polar surface area (TPSA) is 90.5 Å². The summed E-state index contributed by atoms with van der Waals surface area (Å²) in [5.74, 6) is -0.477. The molecular weight excluding hydrogens is 368 g/mol. The Morgan fingerprint density at radius 2 is 1.52 bits per heavy atom. The van der Waals surface area contributed by atoms with Gasteiger partial charge in [-0.15, -0.1) is 0 Å². The molecule has 3 rings (SSSR count). The minimum atomic E-state index is -0.781. The van der Waals surface area contributed by atoms with Gasteiger partial charge in [-0.1, -0.05) is 30.3 Å². The van der Waals surface area contributed by atoms with Gasteiger partial charge in [0.15, 0.2) is 0 Å². The molecule has 3 N–H and O–H groups in total. The minimum Gasteiger partial charge on any atom is -0.339 e. The molecule has 0 bridgehead atoms. The lowest BCUT2D eigenvalue weighted by Gasteiger charge is -2.27. The summed E-state index contributed by atoms with van der Waals surface area (Å²) in [5, 5.41) is 8.05. The molecule has 0 radical (unpaired) electrons. The van der Waals surface area contributed by atoms with Crippen LogP contribution in [-0.2, 0) is 4.79 Å². The highest BCUT2D eigenvalue weighted by Gasteiger charge is 2.22. The normalized spacial score (nSPS) is 14.6. The minimum absolute atomic E-state index is 0.0805. The van der Waals surface area contributed by atoms with E-state index in [1.54, 1.807) is 43.3 Å². The Kier molecular flexibility index (Phi) is 6.84. The van der Waals surface area contributed by atoms with Crippen LogP contribution in [0.1, 0.15) is 36.5 Å². The number of piperidine rings is 1. The second-order valence-corrected chi connectivity index (χ2v) is 7.07. The highest BCUT2D eigenvalue weighted by Crippen LogP contribution is 2.20. The van der Waals surface area contributed by atoms with Crippen molar-refractivity contribution in [3.8, 4) is 0 Å². The number of nitrogens with zero attached hydrogens (tertiary/aromatic N) is 1. The summed E-state index contributed by atoms with van der Waals surface area (Å²) in [6.07, 6.45) is 3.13. The fraction of sp³-hybridized carbons (Fsp3) is 0.318. The van der Waals surface area contributed by atoms with Gasteiger partial charge >= 0.3 is 6.03 Å². The average molecular weight is 394 g/mol. The van der Waals surface area contributed by atoms with Crippen molar-refractivity contribution >= 4 is 29.2 Å². The quantitative estimate of drug-likeness (QED) is 0.725. The van der Waals surface area contributed by atoms with Gasteiger partial charge < -0.3 is 20.9 Å². The molecular formula is C22H26N4O3. The number of hydrogen-bond donors (Lipinski definition) is 3. The van der Waals surface area contributed by atoms with E-state index in [2.05, 4.69) is 16.0 Å². The number of amides is 4. The van der Waals surface area contributed by atoms with Crippen LogP contribution in [0.4, 0.5) is 16.2 Å². The summed E-state index contributed by atoms with van der Waals surface area (Å²) in [6.45, 7) is 3.06. The molecule has 0 spiro atoms. The lowest BCUT2D eigenvalue weighted by molar-refractivity contribution is -0.117. The molecule has 1 aliphatic rings. The van der Waals surface area contributed by atoms with E-state index in [-0.39, 0.29) is 5.91 Å². The highest BCUT2D eigenvalue weighted by molar-refractivity contribution is 6.05. The molecule has 2 aromatic rings. The van der Waals surface area contributed by atoms with Gasteiger partial charge in [-0.25, -0.2) is 4.79 Å². The van der Waals surface area contributed by atoms with E-state index in [1.165, 1.54) is 0 Å². The number of benzene rings is 2. The molecule has 1 atom stereocenters. The van der Waals surface area contributed by atoms with Gasteiger partial charge in [-0.2, -0.15) is 0 Å². The lowest BCUT2D eigenvalue weighted by Crippen LogP contribution is -2.44. The zero-order chi connectivity index (χ0) is 20.6. The average Bonchev–Trinajstić information content (AvgIpc) is 2.75. The molecule has 7 heteroatoms. The molecule has 0 unspecified atom stereocenters. The Morgan fingerprint density at radius 1 is 0.862 bits per heavy atom. The maximum Gasteiger partial charge on any atom is 0.319 e. The van der Waals surface area contributed by atoms with Crippen molar-refractivity contribution in [2.45, 2.75) is 32.2 Å². The Morgan fingerprint density at radius 3 is 2.24 bits per heavy atom. The lowest BCUT2D eigenvalue weighted by atomic mass is 10.1. The molecule has 4 amide bonds. The molecule has 0 saturated carbocycles. The van der Waals surface area contributed by atoms with Crippen molar-refractivity contribution in [2.75, 3.05) is 23.7 Å². The predicted molar refractivity (Wildman–Crippen MR) is 113 cm³/mol. The number of para-hydroxylation sites is 2. The van der Waals surface area contributed by atoms with Gasteiger partial charge in [0, 0.05) is 18.8 Å². The number of likely N-dealkylation sites (tertiary alicyclic amines) is 1. The van der Waals surface area contributed by atoms with Gasteiger partial charge in [0.2, 0.25) is 5.91 Å². The number of carbonyl (C=O) groups is 3. The van der Waals surface area contributed by atoms with E-state index in [9.17, 15) is 14.4 Å². The summed E-state index contributed by atoms with van der Waals surface area (Å²) in [6, 6.07) is 14.7. The summed E-state index contributed by atoms with van der Waals surface area (Å²) in [7, 11) is 0. The van der Waals surface area contributed by atoms with Crippen LogP contribution in [0.2, 0.25) is 0 Å². The van der Waals surface area contributed by atoms with Crippen LogP contribution in [0, 0.1) is 0 Å². The van der Waals surface area contributed by atoms with Gasteiger partial charge in [0.1, 0.15) is 6.04 Å². The summed E-state index contributed by atoms with van der Waals surface area (Å²) in [5.41, 5.74) is 1.55. The third-order valence-corrected chi connectivity index (χ3v) is 4.83. The predicted octanol–water partition coefficient (Wildman–Crippen LogP) is 3.46. The van der Waals surface area contributed by atoms with Crippen LogP contribution in [0.3, 0.4) is 0 Å². The van der Waals surface area contributed by atoms with E-state index in [4.69, 9.17) is 0 Å². The second-order valence-electron chi connectivity index (χ2n) is 7.07. The molecule has 7 nitrogen and oxygen atoms in total. The zero-order valence-corrected chi connectivity index (χ0v) is 16.5. The third-order valence-electron chi connectivity index (χ3n) is 4.83. The van der Waals surface area contributed by atoms with Crippen LogP contribution in [-0.4, -0.2) is 41.9 Å². The van der Waals surface area contributed by atoms with Crippen LogP contribution in [0.5, 0.6) is 0 Å². The number of nitrogens with one attached hydrogen (secondary N) is 3. The van der Waals surface area contributed by atoms with Crippen molar-refractivity contribution in [2.24, 2.45) is 0 Å². The number of anilines is 2. The Balaban J connectivity index is 1.61. The smallest absolute Gasteiger partial charge is 0.319 e. The first kappa shape index (κ1) is 20.4. The monoisotopic (exact) mass is 394 g/mol. The number of hydrogen-bond acceptors (Lipinski definition) is 3. The first-order valence-electron chi connectivity index (χ1n) is 9.86. The van der Waals surface area contributed by atoms with Crippen LogP contribution >= 0.6 is 0 Å². The van der Waals surface area contributed by atoms with E-state index < -0.39 is 18.0 Å². The van der Waals surface area contributed by atoms with Crippen LogP contribution in [0.25, 0.3) is 0 Å². The summed E-state index contributed by atoms with van der Waals surface area (Å²) in [4.78, 5) is 39.3. The maximum absolute atomic E-state index is 12.8. The van der Waals surface area contributed by atoms with Crippen molar-refractivity contribution in [3.63, 3.8) is 0 Å². The van der Waals surface area contributed by atoms with E-state index in [0.29, 0.717) is 16.9 Å². The Bertz CT molecular complexity index is 863. The van der Waals surface area contributed by atoms with Crippen molar-refractivity contribution in [3.05, 3.63) is 60.2 Å². The zero-order valence-electron chi connectivity index (χ0n) is 16.5. The molecule has 0 aromatic heterocycles. The molecule has 2 aromatic carbocycles. The Hall–Kier alpha value is -3.35. The fourth-order valence-electron chi connectivity index (χ4n) is 3.24. The second kappa shape index (κ2) is 9.73. The number of rotatable bonds is 5. The van der Waals surface area contributed by atoms with Gasteiger partial charge in [-0.05, 0) is 50.5 Å². The molecule has 29 heavy (non-hydrogen) atoms. The van der Waals surface area contributed by atoms with Gasteiger partial charge in [-0.3, -0.25) is 9.59 Å². The first-order chi connectivity index (χ1) is 14.0. The molecule has 152 valence electrons. The van der Waals surface area contributed by atoms with Gasteiger partial charge in [0.05, 0.1) is 11.3 Å². The molecule has 1 saturated heterocycles. The van der Waals surface area contributed by atoms with Crippen molar-refractivity contribution < 1.29 is 14.4 Å². The standard InChI is InChI=1S/C22H26N4O3/c1-16(23-22(29)24-17-10-4-2-5-11-17)20(27)25-19-13-7-6-12-18(19)21(28)26-14-8-3-9-15-26/h2,4-7,10-13,16H,3,8-9,14-15H2,1H3,(H,25,27)(H2,23,24,29)/t16-/m0/s1. The molecule has 1 heterocycles. The van der Waals surface area contributed by atoms with Gasteiger partial charge in [0.25, 0.3) is 5.91 Å². The Labute approximate surface area is 170 Å². The summed E-state index contributed by atoms with van der Waals surface area (Å²) < 4.78 is 0. The summed E-state index contributed by atoms with van der Waals surface area (Å²) >= 11 is 0. The first-order valence-corrected chi connectivity index (χ1v) is 9.86. The van der Waals surface area contributed by atoms with Crippen molar-refractivity contribution in [1.82, 2.24) is 10.2 Å². The SMILES string of the molecule is C[C@H](NC(=O)Nc1ccccc1)C(=O)Nc1ccccc1C(=O)N1CCCCC1. The number of carbonyl (C=O) groups excluding carboxylic acids is 3. The van der Waals surface area contributed by atoms with E-state index >= 15 is 0 Å². The van der Waals surface area contributed by atoms with E-state index in [0.717, 1.165) is 32.4 Å². The molecule has 1 aliphatic heterocycles. The number of urea groups is 1. The third kappa shape index (κ3) is 5.57. The molecule has 1 fully saturated rings. The molecule has 0 aliphatic carbocycles. The van der Waals surface area contributed by atoms with Crippen LogP contribution in [0.15, 0.2) is 54.6 Å².